The van der Waals surface area contributed by atoms with Gasteiger partial charge in [-0.3, -0.25) is 9.59 Å². The second kappa shape index (κ2) is 63.4. The number of aliphatic hydroxyl groups is 2. The molecule has 2 atom stereocenters. The first-order chi connectivity index (χ1) is 36.0. The largest absolute Gasteiger partial charge is 0.466 e. The molecule has 73 heavy (non-hydrogen) atoms. The van der Waals surface area contributed by atoms with Gasteiger partial charge in [0.25, 0.3) is 0 Å². The zero-order chi connectivity index (χ0) is 52.9. The highest BCUT2D eigenvalue weighted by Crippen LogP contribution is 2.19. The van der Waals surface area contributed by atoms with Crippen LogP contribution in [0.15, 0.2) is 0 Å². The van der Waals surface area contributed by atoms with Crippen LogP contribution in [-0.4, -0.2) is 47.4 Å². The predicted molar refractivity (Wildman–Crippen MR) is 320 cm³/mol. The number of amides is 1. The fourth-order valence-corrected chi connectivity index (χ4v) is 11.0. The molecule has 0 spiro atoms. The zero-order valence-electron chi connectivity index (χ0n) is 49.9. The Morgan fingerprint density at radius 2 is 0.562 bits per heavy atom. The van der Waals surface area contributed by atoms with Crippen molar-refractivity contribution < 1.29 is 24.5 Å². The molecule has 0 aliphatic rings. The van der Waals surface area contributed by atoms with Gasteiger partial charge in [0.2, 0.25) is 5.91 Å². The number of esters is 1. The SMILES string of the molecule is CCCCCCCCCCCCCCCCCCCC(=O)OCCCCCCCCCCCCCCCCCCCCCCCCCCCCCCCC(=O)NC(CO)C(O)CCCCCCCCCCCC. The van der Waals surface area contributed by atoms with E-state index in [1.807, 2.05) is 0 Å². The molecule has 0 radical (unpaired) electrons. The summed E-state index contributed by atoms with van der Waals surface area (Å²) < 4.78 is 5.51. The molecule has 0 aromatic heterocycles. The summed E-state index contributed by atoms with van der Waals surface area (Å²) in [5, 5.41) is 23.2. The average Bonchev–Trinajstić information content (AvgIpc) is 3.39. The van der Waals surface area contributed by atoms with Gasteiger partial charge in [-0.05, 0) is 25.7 Å². The number of carbonyl (C=O) groups is 2. The summed E-state index contributed by atoms with van der Waals surface area (Å²) in [6, 6.07) is -0.535. The summed E-state index contributed by atoms with van der Waals surface area (Å²) in [7, 11) is 0. The van der Waals surface area contributed by atoms with Gasteiger partial charge in [0.05, 0.1) is 25.4 Å². The summed E-state index contributed by atoms with van der Waals surface area (Å²) in [6.07, 6.45) is 75.8. The van der Waals surface area contributed by atoms with Crippen LogP contribution in [0.2, 0.25) is 0 Å². The van der Waals surface area contributed by atoms with Gasteiger partial charge in [0, 0.05) is 12.8 Å². The minimum absolute atomic E-state index is 0.0244. The summed E-state index contributed by atoms with van der Waals surface area (Å²) in [5.74, 6) is -0.00627. The molecule has 6 heteroatoms. The minimum Gasteiger partial charge on any atom is -0.466 e. The molecule has 0 aromatic rings. The number of hydrogen-bond donors (Lipinski definition) is 3. The molecule has 6 nitrogen and oxygen atoms in total. The maximum Gasteiger partial charge on any atom is 0.305 e. The van der Waals surface area contributed by atoms with Crippen LogP contribution in [0.25, 0.3) is 0 Å². The van der Waals surface area contributed by atoms with E-state index in [4.69, 9.17) is 4.74 Å². The van der Waals surface area contributed by atoms with Crippen LogP contribution in [0.4, 0.5) is 0 Å². The molecule has 0 saturated carbocycles. The summed E-state index contributed by atoms with van der Waals surface area (Å²) in [5.41, 5.74) is 0. The monoisotopic (exact) mass is 1030 g/mol. The lowest BCUT2D eigenvalue weighted by Gasteiger charge is -2.22. The maximum atomic E-state index is 12.4. The number of aliphatic hydroxyl groups excluding tert-OH is 2. The molecule has 0 aliphatic carbocycles. The third kappa shape index (κ3) is 60.0. The van der Waals surface area contributed by atoms with E-state index in [2.05, 4.69) is 19.2 Å². The van der Waals surface area contributed by atoms with Crippen LogP contribution >= 0.6 is 0 Å². The molecule has 0 aromatic carbocycles. The van der Waals surface area contributed by atoms with Crippen LogP contribution in [0, 0.1) is 0 Å². The Morgan fingerprint density at radius 3 is 0.836 bits per heavy atom. The van der Waals surface area contributed by atoms with Gasteiger partial charge in [-0.2, -0.15) is 0 Å². The van der Waals surface area contributed by atoms with E-state index in [0.717, 1.165) is 38.5 Å². The van der Waals surface area contributed by atoms with Gasteiger partial charge >= 0.3 is 5.97 Å². The molecule has 2 unspecified atom stereocenters. The quantitative estimate of drug-likeness (QED) is 0.0417. The number of ether oxygens (including phenoxy) is 1. The Labute approximate surface area is 457 Å². The molecule has 436 valence electrons. The van der Waals surface area contributed by atoms with Crippen molar-refractivity contribution in [1.82, 2.24) is 5.32 Å². The van der Waals surface area contributed by atoms with Crippen molar-refractivity contribution in [3.05, 3.63) is 0 Å². The zero-order valence-corrected chi connectivity index (χ0v) is 49.9. The highest BCUT2D eigenvalue weighted by Gasteiger charge is 2.20. The van der Waals surface area contributed by atoms with Crippen molar-refractivity contribution in [3.8, 4) is 0 Å². The van der Waals surface area contributed by atoms with E-state index in [0.29, 0.717) is 25.9 Å². The number of hydrogen-bond acceptors (Lipinski definition) is 5. The van der Waals surface area contributed by atoms with Gasteiger partial charge in [-0.25, -0.2) is 0 Å². The van der Waals surface area contributed by atoms with Crippen molar-refractivity contribution in [2.24, 2.45) is 0 Å². The Morgan fingerprint density at radius 1 is 0.329 bits per heavy atom. The third-order valence-corrected chi connectivity index (χ3v) is 16.2. The lowest BCUT2D eigenvalue weighted by molar-refractivity contribution is -0.143. The van der Waals surface area contributed by atoms with Crippen molar-refractivity contribution in [1.29, 1.82) is 0 Å². The second-order valence-corrected chi connectivity index (χ2v) is 23.5. The van der Waals surface area contributed by atoms with E-state index in [1.165, 1.54) is 321 Å². The topological polar surface area (TPSA) is 95.9 Å². The number of unbranched alkanes of at least 4 members (excludes halogenated alkanes) is 53. The van der Waals surface area contributed by atoms with Crippen molar-refractivity contribution in [2.45, 2.75) is 405 Å². The van der Waals surface area contributed by atoms with E-state index >= 15 is 0 Å². The highest BCUT2D eigenvalue weighted by atomic mass is 16.5. The third-order valence-electron chi connectivity index (χ3n) is 16.2. The fourth-order valence-electron chi connectivity index (χ4n) is 11.0. The lowest BCUT2D eigenvalue weighted by atomic mass is 10.0. The lowest BCUT2D eigenvalue weighted by Crippen LogP contribution is -2.45. The van der Waals surface area contributed by atoms with Crippen molar-refractivity contribution in [2.75, 3.05) is 13.2 Å². The Kier molecular flexibility index (Phi) is 62.4. The molecule has 0 bridgehead atoms. The number of nitrogens with one attached hydrogen (secondary N) is 1. The first kappa shape index (κ1) is 71.9. The first-order valence-electron chi connectivity index (χ1n) is 33.8. The van der Waals surface area contributed by atoms with Gasteiger partial charge in [0.15, 0.2) is 0 Å². The molecule has 0 aliphatic heterocycles. The normalized spacial score (nSPS) is 12.4. The molecule has 0 heterocycles. The van der Waals surface area contributed by atoms with Crippen molar-refractivity contribution >= 4 is 11.9 Å². The predicted octanol–water partition coefficient (Wildman–Crippen LogP) is 21.4. The standard InChI is InChI=1S/C67H133NO5/c1-3-5-7-9-11-13-15-16-17-31-35-38-41-45-49-53-57-61-67(72)73-62-58-54-50-46-42-39-36-33-30-28-26-24-22-20-18-19-21-23-25-27-29-32-34-37-40-44-48-52-56-60-66(71)68-64(63-69)65(70)59-55-51-47-43-14-12-10-8-6-4-2/h64-65,69-70H,3-63H2,1-2H3,(H,68,71). The summed E-state index contributed by atoms with van der Waals surface area (Å²) in [6.45, 7) is 4.98. The van der Waals surface area contributed by atoms with E-state index in [1.54, 1.807) is 0 Å². The number of carbonyl (C=O) groups excluding carboxylic acids is 2. The van der Waals surface area contributed by atoms with Gasteiger partial charge in [-0.15, -0.1) is 0 Å². The van der Waals surface area contributed by atoms with Crippen LogP contribution in [0.5, 0.6) is 0 Å². The van der Waals surface area contributed by atoms with Crippen molar-refractivity contribution in [3.63, 3.8) is 0 Å². The molecular weight excluding hydrogens is 899 g/mol. The Hall–Kier alpha value is -1.14. The fraction of sp³-hybridized carbons (Fsp3) is 0.970. The molecular formula is C67H133NO5. The Balaban J connectivity index is 3.28. The van der Waals surface area contributed by atoms with Crippen LogP contribution in [-0.2, 0) is 14.3 Å². The van der Waals surface area contributed by atoms with E-state index < -0.39 is 12.1 Å². The maximum absolute atomic E-state index is 12.4. The van der Waals surface area contributed by atoms with Gasteiger partial charge in [-0.1, -0.05) is 354 Å². The average molecular weight is 1030 g/mol. The Bertz CT molecular complexity index is 1050. The highest BCUT2D eigenvalue weighted by molar-refractivity contribution is 5.76. The molecule has 1 amide bonds. The molecule has 0 rings (SSSR count). The second-order valence-electron chi connectivity index (χ2n) is 23.5. The van der Waals surface area contributed by atoms with Crippen LogP contribution < -0.4 is 5.32 Å². The van der Waals surface area contributed by atoms with E-state index in [-0.39, 0.29) is 18.5 Å². The summed E-state index contributed by atoms with van der Waals surface area (Å²) in [4.78, 5) is 24.5. The summed E-state index contributed by atoms with van der Waals surface area (Å²) >= 11 is 0. The number of rotatable bonds is 64. The first-order valence-corrected chi connectivity index (χ1v) is 33.8. The van der Waals surface area contributed by atoms with Gasteiger partial charge in [0.1, 0.15) is 0 Å². The van der Waals surface area contributed by atoms with Crippen LogP contribution in [0.1, 0.15) is 393 Å². The van der Waals surface area contributed by atoms with E-state index in [9.17, 15) is 19.8 Å². The smallest absolute Gasteiger partial charge is 0.305 e. The molecule has 0 fully saturated rings. The van der Waals surface area contributed by atoms with Gasteiger partial charge < -0.3 is 20.3 Å². The van der Waals surface area contributed by atoms with Crippen LogP contribution in [0.3, 0.4) is 0 Å². The minimum atomic E-state index is -0.658. The molecule has 3 N–H and O–H groups in total. The molecule has 0 saturated heterocycles.